The molecule has 0 aliphatic rings. The van der Waals surface area contributed by atoms with E-state index in [1.54, 1.807) is 33.6 Å². The number of hydrogen-bond donors (Lipinski definition) is 0. The zero-order valence-corrected chi connectivity index (χ0v) is 17.4. The molecule has 4 rings (SSSR count). The third kappa shape index (κ3) is 3.91. The molecular weight excluding hydrogens is 384 g/mol. The van der Waals surface area contributed by atoms with Gasteiger partial charge in [0.05, 0.1) is 16.8 Å². The zero-order chi connectivity index (χ0) is 19.5. The number of fused-ring (bicyclic) bond motifs is 1. The molecule has 2 aromatic carbocycles. The highest BCUT2D eigenvalue weighted by Crippen LogP contribution is 2.34. The maximum absolute atomic E-state index is 13.1. The lowest BCUT2D eigenvalue weighted by Crippen LogP contribution is -2.28. The number of carbonyl (C=O) groups is 1. The first kappa shape index (κ1) is 18.6. The second kappa shape index (κ2) is 8.09. The van der Waals surface area contributed by atoms with Gasteiger partial charge >= 0.3 is 0 Å². The van der Waals surface area contributed by atoms with Crippen LogP contribution in [0.1, 0.15) is 21.6 Å². The SMILES string of the molecule is Cc1ccc(C)c2sc(N(Cc3ccccc3)C(=O)/C=C/c3cccs3)nc12. The van der Waals surface area contributed by atoms with Gasteiger partial charge in [0.1, 0.15) is 0 Å². The highest BCUT2D eigenvalue weighted by atomic mass is 32.1. The van der Waals surface area contributed by atoms with E-state index in [1.807, 2.05) is 53.9 Å². The average Bonchev–Trinajstić information content (AvgIpc) is 3.38. The van der Waals surface area contributed by atoms with Crippen LogP contribution in [-0.2, 0) is 11.3 Å². The summed E-state index contributed by atoms with van der Waals surface area (Å²) in [6.45, 7) is 4.64. The van der Waals surface area contributed by atoms with Gasteiger partial charge in [-0.25, -0.2) is 4.98 Å². The van der Waals surface area contributed by atoms with Crippen molar-refractivity contribution in [1.82, 2.24) is 4.98 Å². The minimum Gasteiger partial charge on any atom is -0.280 e. The summed E-state index contributed by atoms with van der Waals surface area (Å²) in [6.07, 6.45) is 3.51. The van der Waals surface area contributed by atoms with Crippen molar-refractivity contribution in [3.05, 3.63) is 87.6 Å². The number of amides is 1. The van der Waals surface area contributed by atoms with Crippen molar-refractivity contribution in [2.75, 3.05) is 4.90 Å². The Balaban J connectivity index is 1.73. The number of benzene rings is 2. The fourth-order valence-electron chi connectivity index (χ4n) is 3.00. The minimum absolute atomic E-state index is 0.0633. The molecule has 0 spiro atoms. The van der Waals surface area contributed by atoms with Crippen LogP contribution in [0.15, 0.2) is 66.1 Å². The molecule has 3 nitrogen and oxygen atoms in total. The van der Waals surface area contributed by atoms with Crippen molar-refractivity contribution >= 4 is 50.0 Å². The van der Waals surface area contributed by atoms with Crippen molar-refractivity contribution < 1.29 is 4.79 Å². The van der Waals surface area contributed by atoms with Gasteiger partial charge in [0.15, 0.2) is 5.13 Å². The molecule has 0 saturated heterocycles. The highest BCUT2D eigenvalue weighted by Gasteiger charge is 2.19. The summed E-state index contributed by atoms with van der Waals surface area (Å²) in [7, 11) is 0. The molecule has 0 fully saturated rings. The first-order valence-corrected chi connectivity index (χ1v) is 10.7. The summed E-state index contributed by atoms with van der Waals surface area (Å²) < 4.78 is 1.14. The predicted octanol–water partition coefficient (Wildman–Crippen LogP) is 6.22. The molecule has 0 saturated carbocycles. The van der Waals surface area contributed by atoms with Crippen molar-refractivity contribution in [2.45, 2.75) is 20.4 Å². The van der Waals surface area contributed by atoms with Gasteiger partial charge in [-0.05, 0) is 48.1 Å². The predicted molar refractivity (Wildman–Crippen MR) is 120 cm³/mol. The molecule has 0 N–H and O–H groups in total. The van der Waals surface area contributed by atoms with Gasteiger partial charge in [-0.2, -0.15) is 0 Å². The van der Waals surface area contributed by atoms with Crippen molar-refractivity contribution in [1.29, 1.82) is 0 Å². The van der Waals surface area contributed by atoms with E-state index in [0.717, 1.165) is 31.4 Å². The molecule has 28 heavy (non-hydrogen) atoms. The lowest BCUT2D eigenvalue weighted by Gasteiger charge is -2.18. The monoisotopic (exact) mass is 404 g/mol. The van der Waals surface area contributed by atoms with E-state index in [0.29, 0.717) is 6.54 Å². The average molecular weight is 405 g/mol. The van der Waals surface area contributed by atoms with Crippen LogP contribution >= 0.6 is 22.7 Å². The second-order valence-electron chi connectivity index (χ2n) is 6.63. The van der Waals surface area contributed by atoms with Gasteiger partial charge in [0.25, 0.3) is 5.91 Å². The Morgan fingerprint density at radius 3 is 2.54 bits per heavy atom. The van der Waals surface area contributed by atoms with E-state index in [-0.39, 0.29) is 5.91 Å². The molecule has 0 aliphatic carbocycles. The van der Waals surface area contributed by atoms with Gasteiger partial charge < -0.3 is 0 Å². The summed E-state index contributed by atoms with van der Waals surface area (Å²) in [5.41, 5.74) is 4.37. The molecule has 2 heterocycles. The van der Waals surface area contributed by atoms with E-state index in [1.165, 1.54) is 5.56 Å². The largest absolute Gasteiger partial charge is 0.280 e. The van der Waals surface area contributed by atoms with Crippen LogP contribution in [0.3, 0.4) is 0 Å². The van der Waals surface area contributed by atoms with Crippen LogP contribution in [-0.4, -0.2) is 10.9 Å². The van der Waals surface area contributed by atoms with E-state index < -0.39 is 0 Å². The van der Waals surface area contributed by atoms with Gasteiger partial charge in [-0.1, -0.05) is 59.9 Å². The number of nitrogens with zero attached hydrogens (tertiary/aromatic N) is 2. The Morgan fingerprint density at radius 1 is 1.04 bits per heavy atom. The summed E-state index contributed by atoms with van der Waals surface area (Å²) in [4.78, 5) is 20.8. The normalized spacial score (nSPS) is 11.4. The summed E-state index contributed by atoms with van der Waals surface area (Å²) in [5.74, 6) is -0.0633. The molecule has 2 aromatic heterocycles. The van der Waals surface area contributed by atoms with Crippen molar-refractivity contribution in [3.63, 3.8) is 0 Å². The van der Waals surface area contributed by atoms with Crippen LogP contribution in [0.4, 0.5) is 5.13 Å². The molecular formula is C23H20N2OS2. The lowest BCUT2D eigenvalue weighted by atomic mass is 10.1. The lowest BCUT2D eigenvalue weighted by molar-refractivity contribution is -0.114. The van der Waals surface area contributed by atoms with Gasteiger partial charge in [0.2, 0.25) is 0 Å². The Bertz CT molecular complexity index is 1090. The quantitative estimate of drug-likeness (QED) is 0.370. The minimum atomic E-state index is -0.0633. The van der Waals surface area contributed by atoms with Gasteiger partial charge in [-0.3, -0.25) is 9.69 Å². The Morgan fingerprint density at radius 2 is 1.82 bits per heavy atom. The molecule has 0 unspecified atom stereocenters. The van der Waals surface area contributed by atoms with Crippen LogP contribution < -0.4 is 4.90 Å². The molecule has 0 bridgehead atoms. The number of rotatable bonds is 5. The fraction of sp³-hybridized carbons (Fsp3) is 0.130. The molecule has 0 aliphatic heterocycles. The standard InChI is InChI=1S/C23H20N2OS2/c1-16-10-11-17(2)22-21(16)24-23(28-22)25(15-18-7-4-3-5-8-18)20(26)13-12-19-9-6-14-27-19/h3-14H,15H2,1-2H3/b13-12+. The molecule has 0 radical (unpaired) electrons. The summed E-state index contributed by atoms with van der Waals surface area (Å²) in [6, 6.07) is 18.2. The van der Waals surface area contributed by atoms with Gasteiger partial charge in [-0.15, -0.1) is 11.3 Å². The van der Waals surface area contributed by atoms with E-state index in [4.69, 9.17) is 4.98 Å². The van der Waals surface area contributed by atoms with Crippen LogP contribution in [0, 0.1) is 13.8 Å². The van der Waals surface area contributed by atoms with E-state index in [2.05, 4.69) is 26.0 Å². The maximum Gasteiger partial charge on any atom is 0.253 e. The molecule has 1 amide bonds. The zero-order valence-electron chi connectivity index (χ0n) is 15.8. The van der Waals surface area contributed by atoms with E-state index in [9.17, 15) is 4.79 Å². The number of thiophene rings is 1. The topological polar surface area (TPSA) is 33.2 Å². The maximum atomic E-state index is 13.1. The Hall–Kier alpha value is -2.76. The second-order valence-corrected chi connectivity index (χ2v) is 8.59. The number of hydrogen-bond acceptors (Lipinski definition) is 4. The Labute approximate surface area is 172 Å². The number of aromatic nitrogens is 1. The highest BCUT2D eigenvalue weighted by molar-refractivity contribution is 7.22. The third-order valence-corrected chi connectivity index (χ3v) is 6.60. The molecule has 0 atom stereocenters. The molecule has 4 aromatic rings. The number of carbonyl (C=O) groups excluding carboxylic acids is 1. The first-order chi connectivity index (χ1) is 13.6. The number of anilines is 1. The van der Waals surface area contributed by atoms with Gasteiger partial charge in [0, 0.05) is 11.0 Å². The van der Waals surface area contributed by atoms with Crippen molar-refractivity contribution in [2.24, 2.45) is 0 Å². The smallest absolute Gasteiger partial charge is 0.253 e. The van der Waals surface area contributed by atoms with Crippen LogP contribution in [0.5, 0.6) is 0 Å². The molecule has 140 valence electrons. The molecule has 5 heteroatoms. The fourth-order valence-corrected chi connectivity index (χ4v) is 4.73. The Kier molecular flexibility index (Phi) is 5.37. The van der Waals surface area contributed by atoms with Crippen LogP contribution in [0.25, 0.3) is 16.3 Å². The third-order valence-electron chi connectivity index (χ3n) is 4.54. The number of thiazole rings is 1. The number of aryl methyl sites for hydroxylation is 2. The summed E-state index contributed by atoms with van der Waals surface area (Å²) in [5, 5.41) is 2.74. The van der Waals surface area contributed by atoms with E-state index >= 15 is 0 Å². The van der Waals surface area contributed by atoms with Crippen LogP contribution in [0.2, 0.25) is 0 Å². The van der Waals surface area contributed by atoms with Crippen molar-refractivity contribution in [3.8, 4) is 0 Å². The summed E-state index contributed by atoms with van der Waals surface area (Å²) >= 11 is 3.19. The first-order valence-electron chi connectivity index (χ1n) is 9.05.